The minimum Gasteiger partial charge on any atom is -0.480 e. The molecule has 1 aromatic heterocycles. The number of aryl methyl sites for hydroxylation is 1. The van der Waals surface area contributed by atoms with Crippen LogP contribution in [0.4, 0.5) is 0 Å². The lowest BCUT2D eigenvalue weighted by Gasteiger charge is -2.21. The summed E-state index contributed by atoms with van der Waals surface area (Å²) >= 11 is 0. The fourth-order valence-corrected chi connectivity index (χ4v) is 1.37. The largest absolute Gasteiger partial charge is 0.480 e. The second-order valence-electron chi connectivity index (χ2n) is 3.61. The first kappa shape index (κ1) is 11.7. The van der Waals surface area contributed by atoms with Crippen molar-refractivity contribution in [1.82, 2.24) is 14.7 Å². The number of likely N-dealkylation sites (N-methyl/N-ethyl adjacent to an activating group) is 1. The fraction of sp³-hybridized carbons (Fsp3) is 0.600. The lowest BCUT2D eigenvalue weighted by Crippen LogP contribution is -2.28. The maximum atomic E-state index is 10.5. The maximum absolute atomic E-state index is 10.5. The van der Waals surface area contributed by atoms with E-state index in [-0.39, 0.29) is 12.6 Å². The topological polar surface area (TPSA) is 58.4 Å². The molecule has 0 aliphatic heterocycles. The first-order valence-electron chi connectivity index (χ1n) is 4.99. The maximum Gasteiger partial charge on any atom is 0.317 e. The molecule has 1 unspecified atom stereocenters. The van der Waals surface area contributed by atoms with Crippen LogP contribution in [0, 0.1) is 0 Å². The van der Waals surface area contributed by atoms with Crippen molar-refractivity contribution in [2.75, 3.05) is 13.6 Å². The first-order chi connectivity index (χ1) is 7.04. The molecule has 0 saturated heterocycles. The van der Waals surface area contributed by atoms with Crippen molar-refractivity contribution in [3.05, 3.63) is 18.0 Å². The highest BCUT2D eigenvalue weighted by Crippen LogP contribution is 2.17. The van der Waals surface area contributed by atoms with E-state index in [0.717, 1.165) is 12.1 Å². The van der Waals surface area contributed by atoms with Gasteiger partial charge in [0.2, 0.25) is 0 Å². The van der Waals surface area contributed by atoms with Gasteiger partial charge in [0.25, 0.3) is 0 Å². The summed E-state index contributed by atoms with van der Waals surface area (Å²) in [6.45, 7) is 4.86. The molecule has 0 radical (unpaired) electrons. The molecule has 0 bridgehead atoms. The summed E-state index contributed by atoms with van der Waals surface area (Å²) in [6.07, 6.45) is 3.73. The average Bonchev–Trinajstić information content (AvgIpc) is 2.63. The number of nitrogens with zero attached hydrogens (tertiary/aromatic N) is 3. The Kier molecular flexibility index (Phi) is 3.85. The molecule has 1 rings (SSSR count). The molecule has 0 amide bonds. The number of hydrogen-bond donors (Lipinski definition) is 1. The van der Waals surface area contributed by atoms with Gasteiger partial charge in [-0.2, -0.15) is 5.10 Å². The zero-order valence-electron chi connectivity index (χ0n) is 9.34. The molecule has 0 aliphatic rings. The molecule has 1 atom stereocenters. The standard InChI is InChI=1S/C10H17N3O2/c1-4-13-6-9(5-11-13)8(2)12(3)7-10(14)15/h5-6,8H,4,7H2,1-3H3,(H,14,15). The van der Waals surface area contributed by atoms with E-state index in [1.165, 1.54) is 0 Å². The monoisotopic (exact) mass is 211 g/mol. The number of aliphatic carboxylic acids is 1. The Hall–Kier alpha value is -1.36. The van der Waals surface area contributed by atoms with Crippen molar-refractivity contribution in [2.24, 2.45) is 0 Å². The predicted octanol–water partition coefficient (Wildman–Crippen LogP) is 0.980. The van der Waals surface area contributed by atoms with Gasteiger partial charge >= 0.3 is 5.97 Å². The van der Waals surface area contributed by atoms with E-state index in [4.69, 9.17) is 5.11 Å². The van der Waals surface area contributed by atoms with Crippen molar-refractivity contribution in [2.45, 2.75) is 26.4 Å². The highest BCUT2D eigenvalue weighted by atomic mass is 16.4. The van der Waals surface area contributed by atoms with Gasteiger partial charge in [0, 0.05) is 24.3 Å². The van der Waals surface area contributed by atoms with Crippen molar-refractivity contribution in [3.8, 4) is 0 Å². The van der Waals surface area contributed by atoms with Gasteiger partial charge in [0.1, 0.15) is 0 Å². The second kappa shape index (κ2) is 4.93. The van der Waals surface area contributed by atoms with E-state index in [1.807, 2.05) is 24.7 Å². The second-order valence-corrected chi connectivity index (χ2v) is 3.61. The van der Waals surface area contributed by atoms with Crippen molar-refractivity contribution in [3.63, 3.8) is 0 Å². The van der Waals surface area contributed by atoms with Crippen LogP contribution in [0.25, 0.3) is 0 Å². The van der Waals surface area contributed by atoms with Crippen LogP contribution >= 0.6 is 0 Å². The van der Waals surface area contributed by atoms with Crippen molar-refractivity contribution < 1.29 is 9.90 Å². The SMILES string of the molecule is CCn1cc(C(C)N(C)CC(=O)O)cn1. The zero-order valence-corrected chi connectivity index (χ0v) is 9.34. The summed E-state index contributed by atoms with van der Waals surface area (Å²) in [5, 5.41) is 12.8. The van der Waals surface area contributed by atoms with Crippen LogP contribution < -0.4 is 0 Å². The molecule has 5 nitrogen and oxygen atoms in total. The van der Waals surface area contributed by atoms with Gasteiger partial charge in [-0.25, -0.2) is 0 Å². The van der Waals surface area contributed by atoms with E-state index in [1.54, 1.807) is 18.1 Å². The van der Waals surface area contributed by atoms with Gasteiger partial charge in [-0.15, -0.1) is 0 Å². The highest BCUT2D eigenvalue weighted by Gasteiger charge is 2.15. The van der Waals surface area contributed by atoms with Crippen LogP contribution in [0.5, 0.6) is 0 Å². The summed E-state index contributed by atoms with van der Waals surface area (Å²) in [4.78, 5) is 12.3. The Morgan fingerprint density at radius 3 is 2.87 bits per heavy atom. The number of carbonyl (C=O) groups is 1. The van der Waals surface area contributed by atoms with E-state index < -0.39 is 5.97 Å². The summed E-state index contributed by atoms with van der Waals surface area (Å²) in [6, 6.07) is 0.0707. The van der Waals surface area contributed by atoms with E-state index >= 15 is 0 Å². The molecule has 15 heavy (non-hydrogen) atoms. The fourth-order valence-electron chi connectivity index (χ4n) is 1.37. The number of hydrogen-bond acceptors (Lipinski definition) is 3. The molecule has 84 valence electrons. The number of aromatic nitrogens is 2. The lowest BCUT2D eigenvalue weighted by molar-refractivity contribution is -0.138. The molecular formula is C10H17N3O2. The third-order valence-electron chi connectivity index (χ3n) is 2.51. The normalized spacial score (nSPS) is 13.1. The zero-order chi connectivity index (χ0) is 11.4. The lowest BCUT2D eigenvalue weighted by atomic mass is 10.2. The van der Waals surface area contributed by atoms with Gasteiger partial charge in [0.05, 0.1) is 12.7 Å². The Morgan fingerprint density at radius 1 is 1.73 bits per heavy atom. The van der Waals surface area contributed by atoms with E-state index in [0.29, 0.717) is 0 Å². The Bertz CT molecular complexity index is 335. The summed E-state index contributed by atoms with van der Waals surface area (Å²) in [5.74, 6) is -0.813. The van der Waals surface area contributed by atoms with Gasteiger partial charge in [-0.3, -0.25) is 14.4 Å². The summed E-state index contributed by atoms with van der Waals surface area (Å²) in [5.41, 5.74) is 1.04. The minimum absolute atomic E-state index is 0.0402. The first-order valence-corrected chi connectivity index (χ1v) is 4.99. The van der Waals surface area contributed by atoms with Gasteiger partial charge in [-0.1, -0.05) is 0 Å². The van der Waals surface area contributed by atoms with Gasteiger partial charge in [0.15, 0.2) is 0 Å². The van der Waals surface area contributed by atoms with Crippen LogP contribution in [0.1, 0.15) is 25.5 Å². The third-order valence-corrected chi connectivity index (χ3v) is 2.51. The van der Waals surface area contributed by atoms with E-state index in [2.05, 4.69) is 5.10 Å². The summed E-state index contributed by atoms with van der Waals surface area (Å²) in [7, 11) is 1.79. The molecule has 1 heterocycles. The highest BCUT2D eigenvalue weighted by molar-refractivity contribution is 5.69. The van der Waals surface area contributed by atoms with Crippen LogP contribution in [0.2, 0.25) is 0 Å². The molecule has 1 aromatic rings. The molecule has 0 saturated carbocycles. The summed E-state index contributed by atoms with van der Waals surface area (Å²) < 4.78 is 1.83. The number of carboxylic acids is 1. The Balaban J connectivity index is 2.66. The molecule has 0 aromatic carbocycles. The molecular weight excluding hydrogens is 194 g/mol. The Morgan fingerprint density at radius 2 is 2.40 bits per heavy atom. The van der Waals surface area contributed by atoms with Crippen LogP contribution in [0.3, 0.4) is 0 Å². The quantitative estimate of drug-likeness (QED) is 0.788. The van der Waals surface area contributed by atoms with E-state index in [9.17, 15) is 4.79 Å². The molecule has 1 N–H and O–H groups in total. The third kappa shape index (κ3) is 3.06. The molecule has 0 fully saturated rings. The predicted molar refractivity (Wildman–Crippen MR) is 56.6 cm³/mol. The molecule has 0 aliphatic carbocycles. The Labute approximate surface area is 89.3 Å². The molecule has 0 spiro atoms. The number of rotatable bonds is 5. The van der Waals surface area contributed by atoms with Crippen LogP contribution in [-0.2, 0) is 11.3 Å². The molecule has 5 heteroatoms. The minimum atomic E-state index is -0.813. The average molecular weight is 211 g/mol. The van der Waals surface area contributed by atoms with Gasteiger partial charge in [-0.05, 0) is 20.9 Å². The van der Waals surface area contributed by atoms with Crippen molar-refractivity contribution >= 4 is 5.97 Å². The number of carboxylic acid groups (broad SMARTS) is 1. The van der Waals surface area contributed by atoms with Crippen molar-refractivity contribution in [1.29, 1.82) is 0 Å². The van der Waals surface area contributed by atoms with Crippen LogP contribution in [-0.4, -0.2) is 39.3 Å². The smallest absolute Gasteiger partial charge is 0.317 e. The van der Waals surface area contributed by atoms with Gasteiger partial charge < -0.3 is 5.11 Å². The van der Waals surface area contributed by atoms with Crippen LogP contribution in [0.15, 0.2) is 12.4 Å².